The Hall–Kier alpha value is -1.39. The number of aliphatic imine (C=N–C) groups is 1. The lowest BCUT2D eigenvalue weighted by Crippen LogP contribution is -2.45. The molecule has 2 aliphatic heterocycles. The monoisotopic (exact) mass is 541 g/mol. The highest BCUT2D eigenvalue weighted by Crippen LogP contribution is 2.27. The molecule has 164 valence electrons. The van der Waals surface area contributed by atoms with Crippen molar-refractivity contribution < 1.29 is 4.74 Å². The number of nitrogens with zero attached hydrogens (tertiary/aromatic N) is 3. The largest absolute Gasteiger partial charge is 0.488 e. The van der Waals surface area contributed by atoms with Gasteiger partial charge in [0.1, 0.15) is 11.9 Å². The molecule has 1 unspecified atom stereocenters. The number of ether oxygens (including phenoxy) is 1. The van der Waals surface area contributed by atoms with Gasteiger partial charge in [0, 0.05) is 31.9 Å². The van der Waals surface area contributed by atoms with Gasteiger partial charge in [0.2, 0.25) is 0 Å². The summed E-state index contributed by atoms with van der Waals surface area (Å²) in [6, 6.07) is 8.29. The zero-order valence-corrected chi connectivity index (χ0v) is 20.9. The second kappa shape index (κ2) is 11.3. The number of para-hydroxylation sites is 1. The summed E-state index contributed by atoms with van der Waals surface area (Å²) in [5.74, 6) is 2.57. The number of fused-ring (bicyclic) bond motifs is 1. The Labute approximate surface area is 200 Å². The first-order valence-corrected chi connectivity index (χ1v) is 11.4. The maximum Gasteiger partial charge on any atom is 0.191 e. The minimum absolute atomic E-state index is 0. The van der Waals surface area contributed by atoms with Crippen LogP contribution < -0.4 is 15.4 Å². The molecule has 3 heterocycles. The van der Waals surface area contributed by atoms with Crippen molar-refractivity contribution in [1.82, 2.24) is 20.5 Å². The Morgan fingerprint density at radius 3 is 2.70 bits per heavy atom. The van der Waals surface area contributed by atoms with Gasteiger partial charge in [0.15, 0.2) is 5.96 Å². The molecule has 1 fully saturated rings. The molecule has 0 saturated carbocycles. The molecule has 1 saturated heterocycles. The molecule has 1 atom stereocenters. The summed E-state index contributed by atoms with van der Waals surface area (Å²) in [6.07, 6.45) is 3.56. The smallest absolute Gasteiger partial charge is 0.191 e. The van der Waals surface area contributed by atoms with Gasteiger partial charge in [-0.1, -0.05) is 18.2 Å². The molecule has 30 heavy (non-hydrogen) atoms. The minimum atomic E-state index is 0. The van der Waals surface area contributed by atoms with E-state index in [-0.39, 0.29) is 30.1 Å². The Morgan fingerprint density at radius 1 is 1.23 bits per heavy atom. The van der Waals surface area contributed by atoms with Gasteiger partial charge in [-0.25, -0.2) is 4.98 Å². The second-order valence-corrected chi connectivity index (χ2v) is 9.03. The van der Waals surface area contributed by atoms with Crippen molar-refractivity contribution in [2.75, 3.05) is 33.2 Å². The molecule has 4 rings (SSSR count). The summed E-state index contributed by atoms with van der Waals surface area (Å²) in [7, 11) is 1.83. The number of hydrogen-bond acceptors (Lipinski definition) is 5. The average molecular weight is 542 g/mol. The van der Waals surface area contributed by atoms with Crippen molar-refractivity contribution in [3.63, 3.8) is 0 Å². The standard InChI is InChI=1S/C22H31N5OS.HI/c1-16-26-19(15-29-16)14-27-9-7-17(8-10-27)12-24-22(23-2)25-13-20-11-18-5-3-4-6-21(18)28-20;/h3-6,15,17,20H,7-14H2,1-2H3,(H2,23,24,25);1H. The highest BCUT2D eigenvalue weighted by atomic mass is 127. The van der Waals surface area contributed by atoms with Crippen molar-refractivity contribution in [3.8, 4) is 5.75 Å². The number of rotatable bonds is 6. The van der Waals surface area contributed by atoms with Crippen molar-refractivity contribution in [2.24, 2.45) is 10.9 Å². The van der Waals surface area contributed by atoms with Crippen molar-refractivity contribution in [1.29, 1.82) is 0 Å². The molecule has 1 aromatic carbocycles. The lowest BCUT2D eigenvalue weighted by Gasteiger charge is -2.31. The van der Waals surface area contributed by atoms with Crippen LogP contribution in [0.3, 0.4) is 0 Å². The van der Waals surface area contributed by atoms with Crippen LogP contribution in [0.15, 0.2) is 34.6 Å². The first-order chi connectivity index (χ1) is 14.2. The highest BCUT2D eigenvalue weighted by Gasteiger charge is 2.23. The summed E-state index contributed by atoms with van der Waals surface area (Å²) >= 11 is 1.74. The normalized spacial score (nSPS) is 19.7. The Balaban J connectivity index is 0.00000256. The van der Waals surface area contributed by atoms with Gasteiger partial charge >= 0.3 is 0 Å². The van der Waals surface area contributed by atoms with Gasteiger partial charge in [-0.2, -0.15) is 0 Å². The van der Waals surface area contributed by atoms with Crippen LogP contribution in [0.25, 0.3) is 0 Å². The number of nitrogens with one attached hydrogen (secondary N) is 2. The van der Waals surface area contributed by atoms with Crippen LogP contribution in [0.1, 0.15) is 29.1 Å². The van der Waals surface area contributed by atoms with Crippen LogP contribution in [0.4, 0.5) is 0 Å². The molecule has 2 aromatic rings. The van der Waals surface area contributed by atoms with E-state index in [0.29, 0.717) is 5.92 Å². The Bertz CT molecular complexity index is 809. The van der Waals surface area contributed by atoms with E-state index in [1.807, 2.05) is 19.2 Å². The lowest BCUT2D eigenvalue weighted by molar-refractivity contribution is 0.176. The van der Waals surface area contributed by atoms with E-state index in [1.54, 1.807) is 11.3 Å². The number of benzene rings is 1. The van der Waals surface area contributed by atoms with Crippen LogP contribution >= 0.6 is 35.3 Å². The van der Waals surface area contributed by atoms with Crippen LogP contribution in [0.5, 0.6) is 5.75 Å². The zero-order valence-electron chi connectivity index (χ0n) is 17.8. The van der Waals surface area contributed by atoms with Gasteiger partial charge in [-0.15, -0.1) is 35.3 Å². The second-order valence-electron chi connectivity index (χ2n) is 7.96. The molecule has 0 radical (unpaired) electrons. The summed E-state index contributed by atoms with van der Waals surface area (Å²) in [5, 5.41) is 10.3. The maximum absolute atomic E-state index is 6.00. The third-order valence-corrected chi connectivity index (χ3v) is 6.57. The average Bonchev–Trinajstić information content (AvgIpc) is 3.34. The SMILES string of the molecule is CN=C(NCC1CCN(Cc2csc(C)n2)CC1)NCC1Cc2ccccc2O1.I. The van der Waals surface area contributed by atoms with Gasteiger partial charge in [0.05, 0.1) is 17.2 Å². The fourth-order valence-corrected chi connectivity index (χ4v) is 4.70. The number of aromatic nitrogens is 1. The number of guanidine groups is 1. The molecule has 0 aliphatic carbocycles. The third-order valence-electron chi connectivity index (χ3n) is 5.75. The lowest BCUT2D eigenvalue weighted by atomic mass is 9.97. The number of aryl methyl sites for hydroxylation is 1. The molecule has 6 nitrogen and oxygen atoms in total. The maximum atomic E-state index is 6.00. The first kappa shape index (κ1) is 23.3. The van der Waals surface area contributed by atoms with E-state index in [0.717, 1.165) is 55.9 Å². The topological polar surface area (TPSA) is 61.8 Å². The van der Waals surface area contributed by atoms with Crippen molar-refractivity contribution in [2.45, 2.75) is 38.8 Å². The van der Waals surface area contributed by atoms with Crippen LogP contribution in [0.2, 0.25) is 0 Å². The minimum Gasteiger partial charge on any atom is -0.488 e. The summed E-state index contributed by atoms with van der Waals surface area (Å²) < 4.78 is 6.00. The molecular weight excluding hydrogens is 509 g/mol. The molecule has 0 amide bonds. The van der Waals surface area contributed by atoms with Gasteiger partial charge in [0.25, 0.3) is 0 Å². The Morgan fingerprint density at radius 2 is 2.00 bits per heavy atom. The highest BCUT2D eigenvalue weighted by molar-refractivity contribution is 14.0. The number of halogens is 1. The molecular formula is C22H32IN5OS. The van der Waals surface area contributed by atoms with Gasteiger partial charge in [-0.3, -0.25) is 9.89 Å². The van der Waals surface area contributed by atoms with E-state index in [9.17, 15) is 0 Å². The molecule has 0 spiro atoms. The van der Waals surface area contributed by atoms with Crippen LogP contribution in [-0.2, 0) is 13.0 Å². The summed E-state index contributed by atoms with van der Waals surface area (Å²) in [5.41, 5.74) is 2.51. The van der Waals surface area contributed by atoms with E-state index in [1.165, 1.54) is 24.1 Å². The summed E-state index contributed by atoms with van der Waals surface area (Å²) in [4.78, 5) is 11.5. The molecule has 8 heteroatoms. The molecule has 1 aromatic heterocycles. The third kappa shape index (κ3) is 6.31. The predicted molar refractivity (Wildman–Crippen MR) is 134 cm³/mol. The summed E-state index contributed by atoms with van der Waals surface area (Å²) in [6.45, 7) is 7.07. The van der Waals surface area contributed by atoms with Gasteiger partial charge in [-0.05, 0) is 50.4 Å². The first-order valence-electron chi connectivity index (χ1n) is 10.5. The van der Waals surface area contributed by atoms with Gasteiger partial charge < -0.3 is 15.4 Å². The number of likely N-dealkylation sites (tertiary alicyclic amines) is 1. The molecule has 2 N–H and O–H groups in total. The van der Waals surface area contributed by atoms with E-state index in [4.69, 9.17) is 4.74 Å². The van der Waals surface area contributed by atoms with E-state index < -0.39 is 0 Å². The van der Waals surface area contributed by atoms with E-state index >= 15 is 0 Å². The zero-order chi connectivity index (χ0) is 20.1. The number of hydrogen-bond donors (Lipinski definition) is 2. The number of thiazole rings is 1. The van der Waals surface area contributed by atoms with Crippen molar-refractivity contribution >= 4 is 41.3 Å². The molecule has 2 aliphatic rings. The predicted octanol–water partition coefficient (Wildman–Crippen LogP) is 3.45. The van der Waals surface area contributed by atoms with Crippen molar-refractivity contribution in [3.05, 3.63) is 45.9 Å². The van der Waals surface area contributed by atoms with Crippen LogP contribution in [-0.4, -0.2) is 55.2 Å². The molecule has 0 bridgehead atoms. The Kier molecular flexibility index (Phi) is 8.76. The number of piperidine rings is 1. The quantitative estimate of drug-likeness (QED) is 0.334. The fraction of sp³-hybridized carbons (Fsp3) is 0.545. The fourth-order valence-electron chi connectivity index (χ4n) is 4.10. The van der Waals surface area contributed by atoms with Crippen LogP contribution in [0, 0.1) is 12.8 Å². The van der Waals surface area contributed by atoms with E-state index in [2.05, 4.69) is 49.9 Å².